The van der Waals surface area contributed by atoms with E-state index >= 15 is 0 Å². The van der Waals surface area contributed by atoms with Gasteiger partial charge in [0.05, 0.1) is 6.61 Å². The molecule has 1 fully saturated rings. The molecule has 2 nitrogen and oxygen atoms in total. The molecule has 1 heterocycles. The zero-order chi connectivity index (χ0) is 9.97. The van der Waals surface area contributed by atoms with Crippen molar-refractivity contribution < 1.29 is 4.74 Å². The fourth-order valence-electron chi connectivity index (χ4n) is 1.45. The topological polar surface area (TPSA) is 35.2 Å². The summed E-state index contributed by atoms with van der Waals surface area (Å²) in [6.07, 6.45) is 2.72. The van der Waals surface area contributed by atoms with E-state index in [-0.39, 0.29) is 0 Å². The number of nitrogens with two attached hydrogens (primary N) is 1. The molecule has 2 rings (SSSR count). The molecule has 0 spiro atoms. The van der Waals surface area contributed by atoms with E-state index in [0.717, 1.165) is 19.1 Å². The Labute approximate surface area is 89.1 Å². The highest BCUT2D eigenvalue weighted by atomic mass is 32.1. The van der Waals surface area contributed by atoms with Gasteiger partial charge in [0.2, 0.25) is 0 Å². The minimum atomic E-state index is 0.647. The van der Waals surface area contributed by atoms with Crippen molar-refractivity contribution in [2.75, 3.05) is 6.61 Å². The highest BCUT2D eigenvalue weighted by Gasteiger charge is 2.21. The Morgan fingerprint density at radius 1 is 1.57 bits per heavy atom. The van der Waals surface area contributed by atoms with Gasteiger partial charge in [0.15, 0.2) is 0 Å². The first-order chi connectivity index (χ1) is 6.79. The first-order valence-electron chi connectivity index (χ1n) is 5.15. The Hall–Kier alpha value is -0.380. The van der Waals surface area contributed by atoms with Crippen molar-refractivity contribution in [3.8, 4) is 0 Å². The third-order valence-corrected chi connectivity index (χ3v) is 3.70. The van der Waals surface area contributed by atoms with E-state index < -0.39 is 0 Å². The molecule has 14 heavy (non-hydrogen) atoms. The van der Waals surface area contributed by atoms with Crippen LogP contribution in [0.4, 0.5) is 0 Å². The molecule has 0 saturated heterocycles. The molecule has 0 radical (unpaired) electrons. The first-order valence-corrected chi connectivity index (χ1v) is 5.97. The van der Waals surface area contributed by atoms with Gasteiger partial charge in [0.1, 0.15) is 0 Å². The number of thiophene rings is 1. The molecule has 1 aliphatic rings. The lowest BCUT2D eigenvalue weighted by atomic mass is 10.2. The van der Waals surface area contributed by atoms with Crippen LogP contribution in [0.3, 0.4) is 0 Å². The molecule has 0 aromatic carbocycles. The van der Waals surface area contributed by atoms with Gasteiger partial charge >= 0.3 is 0 Å². The summed E-state index contributed by atoms with van der Waals surface area (Å²) in [5.41, 5.74) is 6.90. The van der Waals surface area contributed by atoms with Crippen molar-refractivity contribution in [3.05, 3.63) is 21.4 Å². The number of hydrogen-bond donors (Lipinski definition) is 1. The SMILES string of the molecule is Cc1sc(CN)cc1COCC1CC1. The molecular formula is C11H17NOS. The zero-order valence-corrected chi connectivity index (χ0v) is 9.40. The maximum absolute atomic E-state index is 5.65. The second-order valence-corrected chi connectivity index (χ2v) is 5.30. The molecule has 0 unspecified atom stereocenters. The fraction of sp³-hybridized carbons (Fsp3) is 0.636. The van der Waals surface area contributed by atoms with E-state index in [1.165, 1.54) is 28.2 Å². The van der Waals surface area contributed by atoms with Gasteiger partial charge in [-0.2, -0.15) is 0 Å². The van der Waals surface area contributed by atoms with E-state index in [4.69, 9.17) is 10.5 Å². The third-order valence-electron chi connectivity index (χ3n) is 2.58. The van der Waals surface area contributed by atoms with Crippen LogP contribution in [0, 0.1) is 12.8 Å². The van der Waals surface area contributed by atoms with Gasteiger partial charge in [0.25, 0.3) is 0 Å². The van der Waals surface area contributed by atoms with Gasteiger partial charge in [-0.25, -0.2) is 0 Å². The summed E-state index contributed by atoms with van der Waals surface area (Å²) in [7, 11) is 0. The maximum atomic E-state index is 5.65. The molecule has 1 aromatic heterocycles. The molecule has 1 saturated carbocycles. The molecule has 0 aliphatic heterocycles. The molecule has 0 bridgehead atoms. The van der Waals surface area contributed by atoms with E-state index in [0.29, 0.717) is 6.54 Å². The molecule has 1 aliphatic carbocycles. The van der Waals surface area contributed by atoms with E-state index in [1.54, 1.807) is 11.3 Å². The van der Waals surface area contributed by atoms with Crippen molar-refractivity contribution in [3.63, 3.8) is 0 Å². The second-order valence-electron chi connectivity index (χ2n) is 3.96. The van der Waals surface area contributed by atoms with Crippen molar-refractivity contribution in [2.45, 2.75) is 32.9 Å². The molecule has 1 aromatic rings. The summed E-state index contributed by atoms with van der Waals surface area (Å²) in [4.78, 5) is 2.61. The molecule has 3 heteroatoms. The smallest absolute Gasteiger partial charge is 0.0727 e. The standard InChI is InChI=1S/C11H17NOS/c1-8-10(4-11(5-12)14-8)7-13-6-9-2-3-9/h4,9H,2-3,5-7,12H2,1H3. The molecule has 2 N–H and O–H groups in total. The average molecular weight is 211 g/mol. The van der Waals surface area contributed by atoms with Gasteiger partial charge < -0.3 is 10.5 Å². The van der Waals surface area contributed by atoms with E-state index in [9.17, 15) is 0 Å². The Morgan fingerprint density at radius 3 is 2.93 bits per heavy atom. The number of aryl methyl sites for hydroxylation is 1. The van der Waals surface area contributed by atoms with Crippen molar-refractivity contribution >= 4 is 11.3 Å². The van der Waals surface area contributed by atoms with Crippen molar-refractivity contribution in [1.82, 2.24) is 0 Å². The van der Waals surface area contributed by atoms with Crippen LogP contribution in [-0.2, 0) is 17.9 Å². The Balaban J connectivity index is 1.83. The van der Waals surface area contributed by atoms with E-state index in [1.807, 2.05) is 0 Å². The molecular weight excluding hydrogens is 194 g/mol. The van der Waals surface area contributed by atoms with Crippen LogP contribution in [0.15, 0.2) is 6.07 Å². The summed E-state index contributed by atoms with van der Waals surface area (Å²) >= 11 is 1.78. The monoisotopic (exact) mass is 211 g/mol. The summed E-state index contributed by atoms with van der Waals surface area (Å²) in [5.74, 6) is 0.850. The lowest BCUT2D eigenvalue weighted by Gasteiger charge is -2.01. The largest absolute Gasteiger partial charge is 0.376 e. The lowest BCUT2D eigenvalue weighted by Crippen LogP contribution is -1.97. The number of hydrogen-bond acceptors (Lipinski definition) is 3. The highest BCUT2D eigenvalue weighted by molar-refractivity contribution is 7.12. The minimum Gasteiger partial charge on any atom is -0.376 e. The zero-order valence-electron chi connectivity index (χ0n) is 8.58. The Kier molecular flexibility index (Phi) is 3.21. The maximum Gasteiger partial charge on any atom is 0.0727 e. The van der Waals surface area contributed by atoms with Crippen LogP contribution in [-0.4, -0.2) is 6.61 Å². The van der Waals surface area contributed by atoms with Crippen LogP contribution < -0.4 is 5.73 Å². The summed E-state index contributed by atoms with van der Waals surface area (Å²) in [5, 5.41) is 0. The van der Waals surface area contributed by atoms with E-state index in [2.05, 4.69) is 13.0 Å². The van der Waals surface area contributed by atoms with Crippen molar-refractivity contribution in [2.24, 2.45) is 11.7 Å². The summed E-state index contributed by atoms with van der Waals surface area (Å²) in [6, 6.07) is 2.17. The third kappa shape index (κ3) is 2.56. The predicted molar refractivity (Wildman–Crippen MR) is 59.3 cm³/mol. The number of rotatable bonds is 5. The Morgan fingerprint density at radius 2 is 2.36 bits per heavy atom. The highest BCUT2D eigenvalue weighted by Crippen LogP contribution is 2.29. The Bertz CT molecular complexity index is 304. The average Bonchev–Trinajstić information content (AvgIpc) is 2.92. The van der Waals surface area contributed by atoms with Gasteiger partial charge in [-0.1, -0.05) is 0 Å². The fourth-order valence-corrected chi connectivity index (χ4v) is 2.38. The normalized spacial score (nSPS) is 16.1. The van der Waals surface area contributed by atoms with Crippen molar-refractivity contribution in [1.29, 1.82) is 0 Å². The van der Waals surface area contributed by atoms with Gasteiger partial charge in [-0.3, -0.25) is 0 Å². The van der Waals surface area contributed by atoms with Crippen LogP contribution >= 0.6 is 11.3 Å². The van der Waals surface area contributed by atoms with Crippen LogP contribution in [0.1, 0.15) is 28.2 Å². The second kappa shape index (κ2) is 4.43. The van der Waals surface area contributed by atoms with Crippen LogP contribution in [0.5, 0.6) is 0 Å². The van der Waals surface area contributed by atoms with Gasteiger partial charge in [0, 0.05) is 22.9 Å². The van der Waals surface area contributed by atoms with Gasteiger partial charge in [-0.05, 0) is 37.3 Å². The first kappa shape index (κ1) is 10.1. The summed E-state index contributed by atoms with van der Waals surface area (Å²) in [6.45, 7) is 4.49. The minimum absolute atomic E-state index is 0.647. The quantitative estimate of drug-likeness (QED) is 0.812. The lowest BCUT2D eigenvalue weighted by molar-refractivity contribution is 0.111. The summed E-state index contributed by atoms with van der Waals surface area (Å²) < 4.78 is 5.65. The number of ether oxygens (including phenoxy) is 1. The van der Waals surface area contributed by atoms with Gasteiger partial charge in [-0.15, -0.1) is 11.3 Å². The van der Waals surface area contributed by atoms with Crippen LogP contribution in [0.2, 0.25) is 0 Å². The molecule has 78 valence electrons. The van der Waals surface area contributed by atoms with Crippen LogP contribution in [0.25, 0.3) is 0 Å². The molecule has 0 atom stereocenters. The molecule has 0 amide bonds. The predicted octanol–water partition coefficient (Wildman–Crippen LogP) is 2.44.